The zero-order valence-corrected chi connectivity index (χ0v) is 8.95. The molecular weight excluding hydrogens is 244 g/mol. The van der Waals surface area contributed by atoms with Crippen LogP contribution in [0.15, 0.2) is 4.52 Å². The molecule has 0 aromatic heterocycles. The van der Waals surface area contributed by atoms with Crippen LogP contribution in [0.5, 0.6) is 0 Å². The Morgan fingerprint density at radius 2 is 1.56 bits per heavy atom. The lowest BCUT2D eigenvalue weighted by atomic mass is 12.0. The topological polar surface area (TPSA) is 38.4 Å². The quantitative estimate of drug-likeness (QED) is 0.698. The molecule has 0 saturated heterocycles. The lowest BCUT2D eigenvalue weighted by Gasteiger charge is -2.03. The molecule has 0 bridgehead atoms. The van der Waals surface area contributed by atoms with E-state index in [1.54, 1.807) is 0 Å². The van der Waals surface area contributed by atoms with E-state index in [9.17, 15) is 0 Å². The van der Waals surface area contributed by atoms with Crippen molar-refractivity contribution in [3.8, 4) is 0 Å². The highest BCUT2D eigenvalue weighted by atomic mass is 35.9. The van der Waals surface area contributed by atoms with Crippen LogP contribution in [0.25, 0.3) is 0 Å². The number of rotatable bonds is 1. The van der Waals surface area contributed by atoms with E-state index in [0.29, 0.717) is 0 Å². The van der Waals surface area contributed by atoms with Crippen molar-refractivity contribution in [1.82, 2.24) is 0 Å². The Morgan fingerprint density at radius 1 is 1.22 bits per heavy atom. The molecule has 0 aliphatic heterocycles. The average Bonchev–Trinajstić information content (AvgIpc) is 1.14. The zero-order valence-electron chi connectivity index (χ0n) is 4.14. The molecule has 0 amide bonds. The van der Waals surface area contributed by atoms with E-state index in [2.05, 4.69) is 10.8 Å². The molecule has 2 nitrogen and oxygen atoms in total. The van der Waals surface area contributed by atoms with Crippen molar-refractivity contribution in [1.29, 1.82) is 0 Å². The van der Waals surface area contributed by atoms with Crippen molar-refractivity contribution in [3.05, 3.63) is 0 Å². The Labute approximate surface area is 72.9 Å². The van der Waals surface area contributed by atoms with E-state index >= 15 is 0 Å². The van der Waals surface area contributed by atoms with Crippen LogP contribution in [0.3, 0.4) is 0 Å². The second-order valence-electron chi connectivity index (χ2n) is 1.21. The lowest BCUT2D eigenvalue weighted by Crippen LogP contribution is -1.74. The van der Waals surface area contributed by atoms with Crippen LogP contribution in [0.2, 0.25) is 0 Å². The molecule has 0 atom stereocenters. The summed E-state index contributed by atoms with van der Waals surface area (Å²) in [5.74, 6) is -5.30. The maximum Gasteiger partial charge on any atom is 0.205 e. The van der Waals surface area contributed by atoms with Crippen molar-refractivity contribution in [2.45, 2.75) is 0 Å². The van der Waals surface area contributed by atoms with Gasteiger partial charge in [0.15, 0.2) is 5.74 Å². The maximum absolute atomic E-state index is 5.40. The number of hydrogen-bond acceptors (Lipinski definition) is 1. The fourth-order valence-electron chi connectivity index (χ4n) is 0.174. The minimum absolute atomic E-state index is 2.56. The number of halogens is 4. The van der Waals surface area contributed by atoms with Crippen molar-refractivity contribution in [2.24, 2.45) is 10.0 Å². The molecule has 0 unspecified atom stereocenters. The summed E-state index contributed by atoms with van der Waals surface area (Å²) in [6.45, 7) is 0. The summed E-state index contributed by atoms with van der Waals surface area (Å²) in [5.41, 5.74) is 5.12. The molecule has 9 heavy (non-hydrogen) atoms. The van der Waals surface area contributed by atoms with Crippen molar-refractivity contribution in [3.63, 3.8) is 0 Å². The molecular formula is CH4Cl4N2P2. The SMILES string of the molecule is C=P(Cl)(Cl)N=P(N)(Cl)Cl. The fraction of sp³-hybridized carbons (Fsp3) is 0. The van der Waals surface area contributed by atoms with Gasteiger partial charge < -0.3 is 0 Å². The molecule has 0 aromatic rings. The summed E-state index contributed by atoms with van der Waals surface area (Å²) in [6.07, 6.45) is 3.31. The van der Waals surface area contributed by atoms with E-state index in [1.807, 2.05) is 0 Å². The Bertz CT molecular complexity index is 178. The van der Waals surface area contributed by atoms with E-state index in [1.165, 1.54) is 0 Å². The molecule has 56 valence electrons. The first kappa shape index (κ1) is 10.7. The van der Waals surface area contributed by atoms with Gasteiger partial charge in [0.05, 0.1) is 0 Å². The first-order valence-electron chi connectivity index (χ1n) is 1.65. The predicted octanol–water partition coefficient (Wildman–Crippen LogP) is 4.04. The summed E-state index contributed by atoms with van der Waals surface area (Å²) < 4.78 is 3.49. The van der Waals surface area contributed by atoms with Gasteiger partial charge >= 0.3 is 0 Å². The van der Waals surface area contributed by atoms with Gasteiger partial charge in [0.1, 0.15) is 0 Å². The smallest absolute Gasteiger partial charge is 0.205 e. The highest BCUT2D eigenvalue weighted by Gasteiger charge is 2.09. The van der Waals surface area contributed by atoms with Gasteiger partial charge in [-0.15, -0.1) is 0 Å². The van der Waals surface area contributed by atoms with E-state index < -0.39 is 11.7 Å². The van der Waals surface area contributed by atoms with Gasteiger partial charge in [0, 0.05) is 0 Å². The van der Waals surface area contributed by atoms with Crippen molar-refractivity contribution >= 4 is 62.9 Å². The second-order valence-corrected chi connectivity index (χ2v) is 11.7. The van der Waals surface area contributed by atoms with Gasteiger partial charge in [-0.05, 0) is 22.5 Å². The zero-order chi connectivity index (χ0) is 7.71. The lowest BCUT2D eigenvalue weighted by molar-refractivity contribution is 1.91. The Balaban J connectivity index is 4.53. The largest absolute Gasteiger partial charge is 0.273 e. The van der Waals surface area contributed by atoms with Crippen LogP contribution >= 0.6 is 56.6 Å². The first-order valence-corrected chi connectivity index (χ1v) is 9.01. The fourth-order valence-corrected chi connectivity index (χ4v) is 6.81. The van der Waals surface area contributed by atoms with Gasteiger partial charge in [-0.2, -0.15) is 0 Å². The van der Waals surface area contributed by atoms with Crippen LogP contribution in [-0.2, 0) is 0 Å². The Kier molecular flexibility index (Phi) is 3.98. The summed E-state index contributed by atoms with van der Waals surface area (Å²) in [6, 6.07) is 0. The van der Waals surface area contributed by atoms with Crippen LogP contribution in [0.1, 0.15) is 0 Å². The van der Waals surface area contributed by atoms with Crippen molar-refractivity contribution < 1.29 is 0 Å². The molecule has 0 fully saturated rings. The molecule has 0 heterocycles. The third kappa shape index (κ3) is 9.65. The molecule has 0 spiro atoms. The minimum atomic E-state index is -2.74. The number of nitrogens with zero attached hydrogens (tertiary/aromatic N) is 1. The summed E-state index contributed by atoms with van der Waals surface area (Å²) in [5, 5.41) is 0. The van der Waals surface area contributed by atoms with Gasteiger partial charge in [-0.1, -0.05) is 28.8 Å². The molecule has 0 aromatic carbocycles. The van der Waals surface area contributed by atoms with Crippen LogP contribution in [-0.4, -0.2) is 6.30 Å². The Morgan fingerprint density at radius 3 is 1.56 bits per heavy atom. The van der Waals surface area contributed by atoms with Gasteiger partial charge in [0.25, 0.3) is 0 Å². The third-order valence-electron chi connectivity index (χ3n) is 0.250. The Hall–Kier alpha value is 1.65. The van der Waals surface area contributed by atoms with Crippen LogP contribution in [0, 0.1) is 0 Å². The molecule has 0 aliphatic rings. The molecule has 0 aliphatic carbocycles. The summed E-state index contributed by atoms with van der Waals surface area (Å²) in [4.78, 5) is 0. The van der Waals surface area contributed by atoms with Crippen LogP contribution < -0.4 is 5.50 Å². The van der Waals surface area contributed by atoms with Gasteiger partial charge in [-0.3, -0.25) is 5.50 Å². The monoisotopic (exact) mass is 246 g/mol. The minimum Gasteiger partial charge on any atom is -0.273 e. The van der Waals surface area contributed by atoms with E-state index in [0.717, 1.165) is 0 Å². The predicted molar refractivity (Wildman–Crippen MR) is 51.0 cm³/mol. The number of nitrogens with two attached hydrogens (primary N) is 1. The van der Waals surface area contributed by atoms with Gasteiger partial charge in [0.2, 0.25) is 5.91 Å². The summed E-state index contributed by atoms with van der Waals surface area (Å²) in [7, 11) is 0. The highest BCUT2D eigenvalue weighted by molar-refractivity contribution is 8.20. The van der Waals surface area contributed by atoms with E-state index in [-0.39, 0.29) is 0 Å². The summed E-state index contributed by atoms with van der Waals surface area (Å²) >= 11 is 21.4. The standard InChI is InChI=1S/CH4Cl4N2P2/c1-8(2,3)7-9(4,5)6/h1,6H2. The molecule has 0 rings (SSSR count). The highest BCUT2D eigenvalue weighted by Crippen LogP contribution is 2.68. The van der Waals surface area contributed by atoms with Gasteiger partial charge in [-0.25, -0.2) is 4.52 Å². The molecule has 0 radical (unpaired) electrons. The van der Waals surface area contributed by atoms with E-state index in [4.69, 9.17) is 50.5 Å². The molecule has 2 N–H and O–H groups in total. The average molecular weight is 248 g/mol. The molecule has 8 heteroatoms. The first-order chi connectivity index (χ1) is 3.71. The normalized spacial score (nSPS) is 13.4. The maximum atomic E-state index is 5.40. The second kappa shape index (κ2) is 3.36. The van der Waals surface area contributed by atoms with Crippen molar-refractivity contribution in [2.75, 3.05) is 0 Å². The number of hydrogen-bond donors (Lipinski definition) is 1. The third-order valence-corrected chi connectivity index (χ3v) is 4.69. The molecule has 0 saturated carbocycles. The van der Waals surface area contributed by atoms with Crippen LogP contribution in [0.4, 0.5) is 0 Å².